The van der Waals surface area contributed by atoms with Gasteiger partial charge in [0.25, 0.3) is 0 Å². The van der Waals surface area contributed by atoms with Crippen LogP contribution in [0.4, 0.5) is 17.6 Å². The molecule has 0 bridgehead atoms. The predicted molar refractivity (Wildman–Crippen MR) is 35.6 cm³/mol. The molecule has 0 saturated heterocycles. The van der Waals surface area contributed by atoms with Gasteiger partial charge in [-0.3, -0.25) is 0 Å². The van der Waals surface area contributed by atoms with Crippen molar-refractivity contribution < 1.29 is 22.3 Å². The van der Waals surface area contributed by atoms with Gasteiger partial charge in [-0.1, -0.05) is 0 Å². The van der Waals surface area contributed by atoms with Crippen molar-refractivity contribution in [2.75, 3.05) is 0 Å². The van der Waals surface area contributed by atoms with E-state index in [1.165, 1.54) is 6.07 Å². The molecule has 0 aliphatic heterocycles. The molecule has 0 saturated carbocycles. The van der Waals surface area contributed by atoms with Crippen molar-refractivity contribution >= 4 is 0 Å². The van der Waals surface area contributed by atoms with Gasteiger partial charge in [0.2, 0.25) is 11.8 Å². The van der Waals surface area contributed by atoms with E-state index in [-0.39, 0.29) is 5.56 Å². The lowest BCUT2D eigenvalue weighted by Gasteiger charge is -2.07. The molecule has 0 N–H and O–H groups in total. The lowest BCUT2D eigenvalue weighted by molar-refractivity contribution is -0.276. The van der Waals surface area contributed by atoms with E-state index in [1.54, 1.807) is 0 Å². The van der Waals surface area contributed by atoms with Crippen LogP contribution in [0.25, 0.3) is 0 Å². The van der Waals surface area contributed by atoms with Gasteiger partial charge in [0.15, 0.2) is 0 Å². The summed E-state index contributed by atoms with van der Waals surface area (Å²) in [6.07, 6.45) is -4.95. The molecule has 0 aromatic carbocycles. The van der Waals surface area contributed by atoms with Crippen LogP contribution < -0.4 is 4.74 Å². The topological polar surface area (TPSA) is 45.9 Å². The molecule has 0 unspecified atom stereocenters. The average Bonchev–Trinajstić information content (AvgIpc) is 1.99. The monoisotopic (exact) mass is 206 g/mol. The Balaban J connectivity index is 3.00. The third-order valence-electron chi connectivity index (χ3n) is 1.12. The minimum absolute atomic E-state index is 0.295. The van der Waals surface area contributed by atoms with Crippen molar-refractivity contribution in [1.29, 1.82) is 5.26 Å². The third-order valence-corrected chi connectivity index (χ3v) is 1.12. The summed E-state index contributed by atoms with van der Waals surface area (Å²) in [4.78, 5) is 2.81. The summed E-state index contributed by atoms with van der Waals surface area (Å²) in [6, 6.07) is 2.86. The van der Waals surface area contributed by atoms with Gasteiger partial charge in [-0.15, -0.1) is 13.2 Å². The molecule has 0 aliphatic carbocycles. The van der Waals surface area contributed by atoms with Crippen molar-refractivity contribution in [2.45, 2.75) is 6.36 Å². The zero-order chi connectivity index (χ0) is 10.8. The molecule has 0 spiro atoms. The lowest BCUT2D eigenvalue weighted by atomic mass is 10.3. The number of rotatable bonds is 1. The maximum Gasteiger partial charge on any atom is 0.574 e. The quantitative estimate of drug-likeness (QED) is 0.521. The van der Waals surface area contributed by atoms with Crippen LogP contribution in [0.1, 0.15) is 5.56 Å². The van der Waals surface area contributed by atoms with E-state index in [4.69, 9.17) is 5.26 Å². The highest BCUT2D eigenvalue weighted by molar-refractivity contribution is 5.31. The highest BCUT2D eigenvalue weighted by Crippen LogP contribution is 2.21. The molecule has 1 rings (SSSR count). The molecule has 3 nitrogen and oxygen atoms in total. The first-order chi connectivity index (χ1) is 6.40. The fourth-order valence-corrected chi connectivity index (χ4v) is 0.708. The number of hydrogen-bond acceptors (Lipinski definition) is 3. The van der Waals surface area contributed by atoms with Gasteiger partial charge < -0.3 is 4.74 Å². The maximum atomic E-state index is 12.5. The van der Waals surface area contributed by atoms with E-state index in [1.807, 2.05) is 0 Å². The van der Waals surface area contributed by atoms with Crippen molar-refractivity contribution in [1.82, 2.24) is 4.98 Å². The molecule has 1 heterocycles. The van der Waals surface area contributed by atoms with E-state index in [9.17, 15) is 17.6 Å². The van der Waals surface area contributed by atoms with Crippen molar-refractivity contribution in [3.05, 3.63) is 23.6 Å². The molecule has 14 heavy (non-hydrogen) atoms. The Morgan fingerprint density at radius 1 is 1.36 bits per heavy atom. The first-order valence-corrected chi connectivity index (χ1v) is 3.24. The fourth-order valence-electron chi connectivity index (χ4n) is 0.708. The summed E-state index contributed by atoms with van der Waals surface area (Å²) in [7, 11) is 0. The number of aromatic nitrogens is 1. The molecule has 0 amide bonds. The van der Waals surface area contributed by atoms with E-state index in [0.29, 0.717) is 12.1 Å². The van der Waals surface area contributed by atoms with Crippen molar-refractivity contribution in [3.63, 3.8) is 0 Å². The molecule has 74 valence electrons. The van der Waals surface area contributed by atoms with Crippen LogP contribution >= 0.6 is 0 Å². The SMILES string of the molecule is N#Cc1cc(F)nc(OC(F)(F)F)c1. The summed E-state index contributed by atoms with van der Waals surface area (Å²) in [5.74, 6) is -2.20. The van der Waals surface area contributed by atoms with Crippen molar-refractivity contribution in [3.8, 4) is 11.9 Å². The highest BCUT2D eigenvalue weighted by atomic mass is 19.4. The zero-order valence-electron chi connectivity index (χ0n) is 6.47. The van der Waals surface area contributed by atoms with Crippen LogP contribution in [0.3, 0.4) is 0 Å². The Morgan fingerprint density at radius 2 is 2.00 bits per heavy atom. The van der Waals surface area contributed by atoms with Crippen LogP contribution in [-0.2, 0) is 0 Å². The number of halogens is 4. The number of pyridine rings is 1. The molecule has 0 fully saturated rings. The lowest BCUT2D eigenvalue weighted by Crippen LogP contribution is -2.18. The molecule has 0 radical (unpaired) electrons. The molecule has 1 aromatic heterocycles. The van der Waals surface area contributed by atoms with Crippen LogP contribution in [0, 0.1) is 17.3 Å². The van der Waals surface area contributed by atoms with Gasteiger partial charge in [-0.2, -0.15) is 14.6 Å². The molecule has 0 atom stereocenters. The standard InChI is InChI=1S/C7H2F4N2O/c8-5-1-4(3-12)2-6(13-5)14-7(9,10)11/h1-2H. The number of hydrogen-bond donors (Lipinski definition) is 0. The molecular formula is C7H2F4N2O. The summed E-state index contributed by atoms with van der Waals surface area (Å²) in [5, 5.41) is 8.30. The largest absolute Gasteiger partial charge is 0.574 e. The Morgan fingerprint density at radius 3 is 2.50 bits per heavy atom. The van der Waals surface area contributed by atoms with Crippen LogP contribution in [0.15, 0.2) is 12.1 Å². The Hall–Kier alpha value is -1.84. The summed E-state index contributed by atoms with van der Waals surface area (Å²) < 4.78 is 50.7. The van der Waals surface area contributed by atoms with E-state index in [2.05, 4.69) is 9.72 Å². The molecule has 1 aromatic rings. The number of alkyl halides is 3. The van der Waals surface area contributed by atoms with E-state index in [0.717, 1.165) is 0 Å². The normalized spacial score (nSPS) is 10.8. The number of ether oxygens (including phenoxy) is 1. The van der Waals surface area contributed by atoms with Gasteiger partial charge in [-0.25, -0.2) is 0 Å². The minimum atomic E-state index is -4.95. The number of nitriles is 1. The van der Waals surface area contributed by atoms with E-state index >= 15 is 0 Å². The van der Waals surface area contributed by atoms with Crippen LogP contribution in [0.2, 0.25) is 0 Å². The van der Waals surface area contributed by atoms with Gasteiger partial charge >= 0.3 is 6.36 Å². The fraction of sp³-hybridized carbons (Fsp3) is 0.143. The van der Waals surface area contributed by atoms with Crippen molar-refractivity contribution in [2.24, 2.45) is 0 Å². The third kappa shape index (κ3) is 2.90. The Kier molecular flexibility index (Phi) is 2.56. The van der Waals surface area contributed by atoms with Gasteiger partial charge in [0.1, 0.15) is 0 Å². The molecular weight excluding hydrogens is 204 g/mol. The average molecular weight is 206 g/mol. The summed E-state index contributed by atoms with van der Waals surface area (Å²) >= 11 is 0. The molecule has 7 heteroatoms. The number of nitrogens with zero attached hydrogens (tertiary/aromatic N) is 2. The maximum absolute atomic E-state index is 12.5. The first kappa shape index (κ1) is 10.2. The van der Waals surface area contributed by atoms with Gasteiger partial charge in [0, 0.05) is 12.1 Å². The zero-order valence-corrected chi connectivity index (χ0v) is 6.47. The van der Waals surface area contributed by atoms with Crippen LogP contribution in [0.5, 0.6) is 5.88 Å². The smallest absolute Gasteiger partial charge is 0.388 e. The first-order valence-electron chi connectivity index (χ1n) is 3.24. The van der Waals surface area contributed by atoms with E-state index < -0.39 is 18.2 Å². The minimum Gasteiger partial charge on any atom is -0.388 e. The van der Waals surface area contributed by atoms with Crippen LogP contribution in [-0.4, -0.2) is 11.3 Å². The molecule has 0 aliphatic rings. The highest BCUT2D eigenvalue weighted by Gasteiger charge is 2.32. The second-order valence-electron chi connectivity index (χ2n) is 2.18. The predicted octanol–water partition coefficient (Wildman–Crippen LogP) is 1.99. The summed E-state index contributed by atoms with van der Waals surface area (Å²) in [6.45, 7) is 0. The summed E-state index contributed by atoms with van der Waals surface area (Å²) in [5.41, 5.74) is -0.295. The second kappa shape index (κ2) is 3.49. The Bertz CT molecular complexity index is 382. The van der Waals surface area contributed by atoms with Gasteiger partial charge in [-0.05, 0) is 0 Å². The van der Waals surface area contributed by atoms with Gasteiger partial charge in [0.05, 0.1) is 11.6 Å². The second-order valence-corrected chi connectivity index (χ2v) is 2.18. The Labute approximate surface area is 75.5 Å².